The molecule has 0 fully saturated rings. The van der Waals surface area contributed by atoms with Crippen LogP contribution in [0.2, 0.25) is 0 Å². The molecule has 19 heteroatoms. The van der Waals surface area contributed by atoms with Crippen LogP contribution >= 0.6 is 0 Å². The van der Waals surface area contributed by atoms with Gasteiger partial charge >= 0.3 is 79.5 Å². The third-order valence-electron chi connectivity index (χ3n) is 0. The number of hydrogen-bond acceptors (Lipinski definition) is 12. The maximum atomic E-state index is 8.25. The van der Waals surface area contributed by atoms with Gasteiger partial charge in [-0.3, -0.25) is 0 Å². The van der Waals surface area contributed by atoms with Gasteiger partial charge in [-0.15, -0.1) is 0 Å². The van der Waals surface area contributed by atoms with Crippen LogP contribution in [0.1, 0.15) is 0 Å². The van der Waals surface area contributed by atoms with Crippen molar-refractivity contribution in [3.8, 4) is 0 Å². The third-order valence-corrected chi connectivity index (χ3v) is 0. The Morgan fingerprint density at radius 3 is 0.421 bits per heavy atom. The van der Waals surface area contributed by atoms with Gasteiger partial charge in [0.05, 0.1) is 20.3 Å². The summed E-state index contributed by atoms with van der Waals surface area (Å²) in [7, 11) is 0. The van der Waals surface area contributed by atoms with Crippen molar-refractivity contribution < 1.29 is 99.9 Å². The minimum absolute atomic E-state index is 0. The van der Waals surface area contributed by atoms with Crippen LogP contribution in [0.25, 0.3) is 0 Å². The van der Waals surface area contributed by atoms with E-state index in [2.05, 4.69) is 0 Å². The Kier molecular flexibility index (Phi) is 81.2. The second-order valence-corrected chi connectivity index (χ2v) is 0.894. The van der Waals surface area contributed by atoms with Crippen LogP contribution in [0.4, 0.5) is 0 Å². The van der Waals surface area contributed by atoms with E-state index in [1.165, 1.54) is 0 Å². The molecule has 19 heavy (non-hydrogen) atoms. The molecule has 104 valence electrons. The van der Waals surface area contributed by atoms with Crippen LogP contribution in [-0.4, -0.2) is 20.3 Å². The van der Waals surface area contributed by atoms with Crippen molar-refractivity contribution in [1.29, 1.82) is 0 Å². The molecule has 0 heterocycles. The van der Waals surface area contributed by atoms with E-state index in [9.17, 15) is 0 Å². The zero-order chi connectivity index (χ0) is 14.3. The van der Waals surface area contributed by atoms with Crippen molar-refractivity contribution in [3.63, 3.8) is 0 Å². The van der Waals surface area contributed by atoms with Crippen molar-refractivity contribution in [1.82, 2.24) is 0 Å². The first-order valence-electron chi connectivity index (χ1n) is 2.19. The van der Waals surface area contributed by atoms with Gasteiger partial charge in [-0.25, -0.2) is 0 Å². The summed E-state index contributed by atoms with van der Waals surface area (Å²) in [5.41, 5.74) is 0. The molecule has 0 aromatic heterocycles. The summed E-state index contributed by atoms with van der Waals surface area (Å²) in [6, 6.07) is 0. The molecule has 0 rings (SSSR count). The topological polar surface area (TPSA) is 265 Å². The van der Waals surface area contributed by atoms with Gasteiger partial charge in [0.15, 0.2) is 0 Å². The second-order valence-electron chi connectivity index (χ2n) is 0.894. The molecule has 0 unspecified atom stereocenters. The maximum Gasteiger partial charge on any atom is 2.00 e. The average Bonchev–Trinajstić information content (AvgIpc) is 1.76. The van der Waals surface area contributed by atoms with E-state index in [0.717, 1.165) is 0 Å². The molecule has 0 aliphatic carbocycles. The minimum Gasteiger partial charge on any atom is -0.356 e. The average molecular weight is 400 g/mol. The molecule has 0 atom stereocenters. The maximum absolute atomic E-state index is 8.25. The summed E-state index contributed by atoms with van der Waals surface area (Å²) in [6.45, 7) is 0. The van der Waals surface area contributed by atoms with Gasteiger partial charge in [-0.05, 0) is 0 Å². The predicted octanol–water partition coefficient (Wildman–Crippen LogP) is -6.95. The van der Waals surface area contributed by atoms with Gasteiger partial charge in [0.25, 0.3) is 0 Å². The summed E-state index contributed by atoms with van der Waals surface area (Å²) in [5, 5.41) is 59.0. The Bertz CT molecular complexity index is 168. The van der Waals surface area contributed by atoms with Crippen molar-refractivity contribution in [2.75, 3.05) is 0 Å². The number of nitrogens with zero attached hydrogens (tertiary/aromatic N) is 4. The Labute approximate surface area is 160 Å². The van der Waals surface area contributed by atoms with Crippen molar-refractivity contribution >= 4 is 0 Å². The van der Waals surface area contributed by atoms with Crippen molar-refractivity contribution in [3.05, 3.63) is 61.3 Å². The van der Waals surface area contributed by atoms with E-state index < -0.39 is 20.3 Å². The molecule has 16 nitrogen and oxygen atoms in total. The van der Waals surface area contributed by atoms with Gasteiger partial charge in [0.2, 0.25) is 0 Å². The normalized spacial score (nSPS) is 5.05. The minimum atomic E-state index is -1.75. The first-order chi connectivity index (χ1) is 6.93. The Balaban J connectivity index is -0.0000000192. The van der Waals surface area contributed by atoms with E-state index in [4.69, 9.17) is 61.3 Å². The first kappa shape index (κ1) is 42.8. The van der Waals surface area contributed by atoms with Crippen LogP contribution < -0.4 is 59.1 Å². The van der Waals surface area contributed by atoms with Gasteiger partial charge in [0.1, 0.15) is 0 Å². The summed E-state index contributed by atoms with van der Waals surface area (Å²) >= 11 is 0. The fraction of sp³-hybridized carbons (Fsp3) is 0. The van der Waals surface area contributed by atoms with Crippen molar-refractivity contribution in [2.24, 2.45) is 0 Å². The van der Waals surface area contributed by atoms with Gasteiger partial charge < -0.3 is 61.3 Å². The molecule has 0 radical (unpaired) electrons. The van der Waals surface area contributed by atoms with E-state index in [1.807, 2.05) is 0 Å². The summed E-state index contributed by atoms with van der Waals surface area (Å²) in [6.07, 6.45) is 0. The molecular weight excluding hydrogens is 400 g/mol. The van der Waals surface area contributed by atoms with Crippen LogP contribution in [0.5, 0.6) is 0 Å². The van der Waals surface area contributed by atoms with Crippen LogP contribution in [0.3, 0.4) is 0 Å². The molecule has 0 saturated carbocycles. The number of hydrogen-bond donors (Lipinski definition) is 0. The van der Waals surface area contributed by atoms with Crippen LogP contribution in [0.15, 0.2) is 0 Å². The number of rotatable bonds is 0. The Hall–Kier alpha value is -0.538. The molecule has 0 saturated heterocycles. The predicted molar refractivity (Wildman–Crippen MR) is 41.4 cm³/mol. The first-order valence-corrected chi connectivity index (χ1v) is 2.19. The zero-order valence-electron chi connectivity index (χ0n) is 9.00. The van der Waals surface area contributed by atoms with Crippen molar-refractivity contribution in [2.45, 2.75) is 0 Å². The molecule has 0 amide bonds. The summed E-state index contributed by atoms with van der Waals surface area (Å²) in [5.74, 6) is 0. The molecule has 0 aromatic rings. The van der Waals surface area contributed by atoms with Gasteiger partial charge in [0, 0.05) is 0 Å². The molecule has 0 spiro atoms. The molecule has 0 aliphatic rings. The standard InChI is InChI=1S/4NO3.2Na.Pd/c4*2-1(3)4;;;/q4*-1;2*+1;+2. The van der Waals surface area contributed by atoms with Crippen LogP contribution in [0, 0.1) is 61.3 Å². The molecule has 0 aliphatic heterocycles. The SMILES string of the molecule is O=[N+]([O-])[O-].O=[N+]([O-])[O-].O=[N+]([O-])[O-].O=[N+]([O-])[O-].[Na+].[Na+].[Pd+2]. The third kappa shape index (κ3) is 14400. The summed E-state index contributed by atoms with van der Waals surface area (Å²) in [4.78, 5) is 33.0. The van der Waals surface area contributed by atoms with Gasteiger partial charge in [-0.2, -0.15) is 0 Å². The van der Waals surface area contributed by atoms with Gasteiger partial charge in [-0.1, -0.05) is 0 Å². The Morgan fingerprint density at radius 1 is 0.421 bits per heavy atom. The largest absolute Gasteiger partial charge is 2.00 e. The fourth-order valence-corrected chi connectivity index (χ4v) is 0. The van der Waals surface area contributed by atoms with E-state index >= 15 is 0 Å². The smallest absolute Gasteiger partial charge is 0.356 e. The fourth-order valence-electron chi connectivity index (χ4n) is 0. The van der Waals surface area contributed by atoms with E-state index in [-0.39, 0.29) is 79.5 Å². The molecule has 0 bridgehead atoms. The molecular formula is N4Na2O12Pd. The molecule has 0 N–H and O–H groups in total. The zero-order valence-corrected chi connectivity index (χ0v) is 14.6. The monoisotopic (exact) mass is 400 g/mol. The van der Waals surface area contributed by atoms with E-state index in [0.29, 0.717) is 0 Å². The van der Waals surface area contributed by atoms with E-state index in [1.54, 1.807) is 0 Å². The van der Waals surface area contributed by atoms with Crippen LogP contribution in [-0.2, 0) is 20.4 Å². The Morgan fingerprint density at radius 2 is 0.421 bits per heavy atom. The quantitative estimate of drug-likeness (QED) is 0.208. The summed E-state index contributed by atoms with van der Waals surface area (Å²) < 4.78 is 0. The second kappa shape index (κ2) is 36.0. The molecule has 0 aromatic carbocycles.